The molecule has 24 heavy (non-hydrogen) atoms. The van der Waals surface area contributed by atoms with E-state index in [1.54, 1.807) is 0 Å². The van der Waals surface area contributed by atoms with Gasteiger partial charge in [-0.25, -0.2) is 0 Å². The summed E-state index contributed by atoms with van der Waals surface area (Å²) in [6.45, 7) is 0.713. The first kappa shape index (κ1) is 15.5. The number of nitrogen functional groups attached to an aromatic ring is 1. The van der Waals surface area contributed by atoms with Gasteiger partial charge in [-0.1, -0.05) is 11.6 Å². The molecule has 7 heteroatoms. The molecule has 1 aromatic carbocycles. The number of carbonyl (C=O) groups is 1. The van der Waals surface area contributed by atoms with Gasteiger partial charge in [-0.2, -0.15) is 9.78 Å². The summed E-state index contributed by atoms with van der Waals surface area (Å²) in [6, 6.07) is 5.53. The third kappa shape index (κ3) is 2.46. The minimum Gasteiger partial charge on any atom is -0.393 e. The van der Waals surface area contributed by atoms with Gasteiger partial charge in [0, 0.05) is 29.2 Å². The average Bonchev–Trinajstić information content (AvgIpc) is 2.90. The summed E-state index contributed by atoms with van der Waals surface area (Å²) in [4.78, 5) is 13.1. The summed E-state index contributed by atoms with van der Waals surface area (Å²) in [5.74, 6) is -0.106. The monoisotopic (exact) mass is 346 g/mol. The quantitative estimate of drug-likeness (QED) is 0.736. The van der Waals surface area contributed by atoms with Crippen LogP contribution in [0.5, 0.6) is 0 Å². The normalized spacial score (nSPS) is 22.4. The number of hydrogen-bond acceptors (Lipinski definition) is 5. The number of aliphatic hydroxyl groups is 1. The lowest BCUT2D eigenvalue weighted by Crippen LogP contribution is -2.28. The second-order valence-electron chi connectivity index (χ2n) is 6.46. The zero-order chi connectivity index (χ0) is 16.8. The lowest BCUT2D eigenvalue weighted by molar-refractivity contribution is 0.0859. The fourth-order valence-corrected chi connectivity index (χ4v) is 3.82. The molecule has 2 heterocycles. The molecule has 0 fully saturated rings. The molecule has 0 saturated carbocycles. The van der Waals surface area contributed by atoms with Gasteiger partial charge in [0.05, 0.1) is 17.7 Å². The fraction of sp³-hybridized carbons (Fsp3) is 0.412. The van der Waals surface area contributed by atoms with Crippen molar-refractivity contribution < 1.29 is 9.90 Å². The molecule has 2 atom stereocenters. The third-order valence-electron chi connectivity index (χ3n) is 4.90. The van der Waals surface area contributed by atoms with E-state index in [0.717, 1.165) is 22.5 Å². The van der Waals surface area contributed by atoms with Crippen LogP contribution in [0.4, 0.5) is 11.5 Å². The number of nitrogens with zero attached hydrogens (tertiary/aromatic N) is 2. The molecule has 1 unspecified atom stereocenters. The number of nitrogens with two attached hydrogens (primary N) is 1. The van der Waals surface area contributed by atoms with Crippen LogP contribution < -0.4 is 11.1 Å². The van der Waals surface area contributed by atoms with Crippen molar-refractivity contribution in [3.63, 3.8) is 0 Å². The molecular weight excluding hydrogens is 328 g/mol. The molecule has 0 spiro atoms. The molecule has 1 aliphatic heterocycles. The molecule has 4 N–H and O–H groups in total. The maximum Gasteiger partial charge on any atom is 0.256 e. The highest BCUT2D eigenvalue weighted by Crippen LogP contribution is 2.36. The van der Waals surface area contributed by atoms with Crippen molar-refractivity contribution in [2.24, 2.45) is 0 Å². The number of aromatic nitrogens is 2. The number of hydrogen-bond donors (Lipinski definition) is 3. The predicted octanol–water partition coefficient (Wildman–Crippen LogP) is 2.21. The molecule has 2 aliphatic rings. The van der Waals surface area contributed by atoms with E-state index in [2.05, 4.69) is 10.4 Å². The first-order chi connectivity index (χ1) is 11.5. The number of anilines is 2. The maximum absolute atomic E-state index is 13.1. The molecule has 0 saturated heterocycles. The Morgan fingerprint density at radius 3 is 3.08 bits per heavy atom. The van der Waals surface area contributed by atoms with Gasteiger partial charge >= 0.3 is 0 Å². The van der Waals surface area contributed by atoms with Gasteiger partial charge in [0.2, 0.25) is 0 Å². The number of aliphatic hydroxyl groups excluding tert-OH is 1. The average molecular weight is 347 g/mol. The van der Waals surface area contributed by atoms with Gasteiger partial charge < -0.3 is 16.2 Å². The summed E-state index contributed by atoms with van der Waals surface area (Å²) in [7, 11) is 0. The van der Waals surface area contributed by atoms with E-state index in [-0.39, 0.29) is 11.8 Å². The van der Waals surface area contributed by atoms with Crippen LogP contribution in [0.1, 0.15) is 40.4 Å². The molecule has 1 aromatic heterocycles. The van der Waals surface area contributed by atoms with Gasteiger partial charge in [0.1, 0.15) is 5.82 Å². The molecule has 4 rings (SSSR count). The van der Waals surface area contributed by atoms with Gasteiger partial charge in [-0.3, -0.25) is 4.79 Å². The van der Waals surface area contributed by atoms with Crippen molar-refractivity contribution in [2.75, 3.05) is 17.6 Å². The third-order valence-corrected chi connectivity index (χ3v) is 5.14. The van der Waals surface area contributed by atoms with Crippen molar-refractivity contribution in [1.82, 2.24) is 9.78 Å². The van der Waals surface area contributed by atoms with Crippen LogP contribution >= 0.6 is 11.6 Å². The predicted molar refractivity (Wildman–Crippen MR) is 92.6 cm³/mol. The van der Waals surface area contributed by atoms with E-state index in [9.17, 15) is 9.90 Å². The zero-order valence-electron chi connectivity index (χ0n) is 13.1. The van der Waals surface area contributed by atoms with Gasteiger partial charge in [0.15, 0.2) is 0 Å². The summed E-state index contributed by atoms with van der Waals surface area (Å²) < 4.78 is 1.32. The van der Waals surface area contributed by atoms with E-state index < -0.39 is 6.10 Å². The second-order valence-corrected chi connectivity index (χ2v) is 6.89. The molecule has 126 valence electrons. The van der Waals surface area contributed by atoms with Crippen LogP contribution in [0.2, 0.25) is 5.02 Å². The molecule has 6 nitrogen and oxygen atoms in total. The lowest BCUT2D eigenvalue weighted by atomic mass is 9.90. The Morgan fingerprint density at radius 1 is 1.42 bits per heavy atom. The highest BCUT2D eigenvalue weighted by molar-refractivity contribution is 6.30. The van der Waals surface area contributed by atoms with E-state index in [1.807, 2.05) is 18.2 Å². The Balaban J connectivity index is 1.72. The highest BCUT2D eigenvalue weighted by Gasteiger charge is 2.32. The van der Waals surface area contributed by atoms with Gasteiger partial charge in [0.25, 0.3) is 5.91 Å². The van der Waals surface area contributed by atoms with Crippen molar-refractivity contribution in [2.45, 2.75) is 37.7 Å². The number of aryl methyl sites for hydroxylation is 1. The van der Waals surface area contributed by atoms with Crippen LogP contribution in [-0.2, 0) is 12.8 Å². The summed E-state index contributed by atoms with van der Waals surface area (Å²) >= 11 is 6.11. The molecule has 1 aliphatic carbocycles. The minimum absolute atomic E-state index is 0.138. The number of carbonyl (C=O) groups excluding carboxylic acids is 1. The Bertz CT molecular complexity index is 817. The smallest absolute Gasteiger partial charge is 0.256 e. The van der Waals surface area contributed by atoms with Crippen molar-refractivity contribution in [1.29, 1.82) is 0 Å². The molecule has 2 aromatic rings. The first-order valence-corrected chi connectivity index (χ1v) is 8.54. The Morgan fingerprint density at radius 2 is 2.25 bits per heavy atom. The maximum atomic E-state index is 13.1. The summed E-state index contributed by atoms with van der Waals surface area (Å²) in [5, 5.41) is 18.2. The standard InChI is InChI=1S/C17H19ClN4O2/c18-9-1-3-14-12(7-9)11(5-6-20-14)17(24)22-16(19)13-8-10(23)2-4-15(13)21-22/h1,3,7,10-11,20,23H,2,4-6,8,19H2/t10-,11?/m0/s1. The lowest BCUT2D eigenvalue weighted by Gasteiger charge is -2.26. The first-order valence-electron chi connectivity index (χ1n) is 8.16. The number of benzene rings is 1. The van der Waals surface area contributed by atoms with E-state index in [4.69, 9.17) is 17.3 Å². The van der Waals surface area contributed by atoms with Crippen molar-refractivity contribution in [3.05, 3.63) is 40.0 Å². The van der Waals surface area contributed by atoms with Crippen LogP contribution in [0.3, 0.4) is 0 Å². The molecular formula is C17H19ClN4O2. The Hall–Kier alpha value is -2.05. The largest absolute Gasteiger partial charge is 0.393 e. The topological polar surface area (TPSA) is 93.2 Å². The van der Waals surface area contributed by atoms with E-state index in [1.165, 1.54) is 4.68 Å². The Labute approximate surface area is 144 Å². The second kappa shape index (κ2) is 5.79. The molecule has 0 bridgehead atoms. The van der Waals surface area contributed by atoms with E-state index in [0.29, 0.717) is 43.1 Å². The fourth-order valence-electron chi connectivity index (χ4n) is 3.64. The highest BCUT2D eigenvalue weighted by atomic mass is 35.5. The van der Waals surface area contributed by atoms with Crippen LogP contribution in [-0.4, -0.2) is 33.4 Å². The molecule has 0 amide bonds. The number of fused-ring (bicyclic) bond motifs is 2. The zero-order valence-corrected chi connectivity index (χ0v) is 13.9. The number of rotatable bonds is 1. The Kier molecular flexibility index (Phi) is 3.73. The summed E-state index contributed by atoms with van der Waals surface area (Å²) in [6.07, 6.45) is 2.02. The summed E-state index contributed by atoms with van der Waals surface area (Å²) in [5.41, 5.74) is 9.61. The minimum atomic E-state index is -0.411. The number of nitrogens with one attached hydrogen (secondary N) is 1. The van der Waals surface area contributed by atoms with E-state index >= 15 is 0 Å². The van der Waals surface area contributed by atoms with Crippen molar-refractivity contribution in [3.8, 4) is 0 Å². The van der Waals surface area contributed by atoms with Crippen LogP contribution in [0.25, 0.3) is 0 Å². The van der Waals surface area contributed by atoms with Crippen LogP contribution in [0.15, 0.2) is 18.2 Å². The van der Waals surface area contributed by atoms with Gasteiger partial charge in [-0.05, 0) is 43.0 Å². The van der Waals surface area contributed by atoms with Crippen molar-refractivity contribution >= 4 is 29.0 Å². The molecule has 0 radical (unpaired) electrons. The number of halogens is 1. The SMILES string of the molecule is Nc1c2c(nn1C(=O)C1CCNc3ccc(Cl)cc31)CC[C@H](O)C2. The van der Waals surface area contributed by atoms with Crippen LogP contribution in [0, 0.1) is 0 Å². The van der Waals surface area contributed by atoms with Gasteiger partial charge in [-0.15, -0.1) is 0 Å².